The van der Waals surface area contributed by atoms with E-state index in [2.05, 4.69) is 0 Å². The number of hydrogen-bond donors (Lipinski definition) is 1. The maximum atomic E-state index is 13.9. The van der Waals surface area contributed by atoms with E-state index in [0.717, 1.165) is 11.1 Å². The number of benzene rings is 3. The molecule has 1 aliphatic heterocycles. The van der Waals surface area contributed by atoms with Gasteiger partial charge < -0.3 is 14.7 Å². The Hall–Kier alpha value is -3.77. The van der Waals surface area contributed by atoms with E-state index in [9.17, 15) is 19.5 Å². The Kier molecular flexibility index (Phi) is 8.28. The number of hydrogen-bond acceptors (Lipinski definition) is 5. The van der Waals surface area contributed by atoms with Crippen LogP contribution in [0.1, 0.15) is 34.8 Å². The standard InChI is InChI=1S/C30H31NO5/c1-2-36-30(35)28(33)27-24(19-26(32)23-16-10-5-11-17-23)29(34)31(20-22-14-8-4-9-15-22)25(27)18-21-12-6-3-7-13-21/h3-17,24-25,27-28,33H,2,18-20H2,1H3/t24-,25-,27+,28-/m0/s1. The molecule has 1 N–H and O–H groups in total. The molecule has 1 saturated heterocycles. The number of nitrogens with zero attached hydrogens (tertiary/aromatic N) is 1. The maximum absolute atomic E-state index is 13.9. The molecule has 1 fully saturated rings. The summed E-state index contributed by atoms with van der Waals surface area (Å²) >= 11 is 0. The fourth-order valence-electron chi connectivity index (χ4n) is 5.07. The van der Waals surface area contributed by atoms with Crippen LogP contribution in [0.5, 0.6) is 0 Å². The summed E-state index contributed by atoms with van der Waals surface area (Å²) in [7, 11) is 0. The first-order valence-electron chi connectivity index (χ1n) is 12.3. The van der Waals surface area contributed by atoms with Gasteiger partial charge >= 0.3 is 5.97 Å². The third kappa shape index (κ3) is 5.71. The molecule has 1 aliphatic rings. The number of likely N-dealkylation sites (tertiary alicyclic amines) is 1. The van der Waals surface area contributed by atoms with Crippen LogP contribution in [0.25, 0.3) is 0 Å². The lowest BCUT2D eigenvalue weighted by molar-refractivity contribution is -0.157. The van der Waals surface area contributed by atoms with Gasteiger partial charge in [-0.25, -0.2) is 4.79 Å². The van der Waals surface area contributed by atoms with E-state index in [1.165, 1.54) is 0 Å². The molecule has 1 amide bonds. The van der Waals surface area contributed by atoms with Crippen molar-refractivity contribution in [1.29, 1.82) is 0 Å². The smallest absolute Gasteiger partial charge is 0.335 e. The summed E-state index contributed by atoms with van der Waals surface area (Å²) in [4.78, 5) is 41.5. The summed E-state index contributed by atoms with van der Waals surface area (Å²) in [5.41, 5.74) is 2.41. The van der Waals surface area contributed by atoms with E-state index in [1.54, 1.807) is 36.1 Å². The van der Waals surface area contributed by atoms with Gasteiger partial charge in [-0.15, -0.1) is 0 Å². The van der Waals surface area contributed by atoms with Crippen LogP contribution < -0.4 is 0 Å². The molecule has 0 radical (unpaired) electrons. The molecule has 4 atom stereocenters. The second kappa shape index (κ2) is 11.8. The number of aliphatic hydroxyl groups is 1. The number of carbonyl (C=O) groups is 3. The predicted octanol–water partition coefficient (Wildman–Crippen LogP) is 4.07. The molecule has 3 aromatic carbocycles. The summed E-state index contributed by atoms with van der Waals surface area (Å²) < 4.78 is 5.14. The fraction of sp³-hybridized carbons (Fsp3) is 0.300. The van der Waals surface area contributed by atoms with Gasteiger partial charge in [-0.3, -0.25) is 9.59 Å². The second-order valence-electron chi connectivity index (χ2n) is 9.08. The SMILES string of the molecule is CCOC(=O)[C@@H](O)[C@@H]1[C@H](CC(=O)c2ccccc2)C(=O)N(Cc2ccccc2)[C@H]1Cc1ccccc1. The number of Topliss-reactive ketones (excluding diaryl/α,β-unsaturated/α-hetero) is 1. The van der Waals surface area contributed by atoms with Crippen molar-refractivity contribution >= 4 is 17.7 Å². The van der Waals surface area contributed by atoms with E-state index in [-0.39, 0.29) is 24.7 Å². The van der Waals surface area contributed by atoms with Gasteiger partial charge in [0.05, 0.1) is 12.5 Å². The molecule has 0 aromatic heterocycles. The van der Waals surface area contributed by atoms with Gasteiger partial charge in [0.1, 0.15) is 0 Å². The van der Waals surface area contributed by atoms with Crippen LogP contribution in [0.4, 0.5) is 0 Å². The lowest BCUT2D eigenvalue weighted by Crippen LogP contribution is -2.43. The van der Waals surface area contributed by atoms with Crippen molar-refractivity contribution in [2.75, 3.05) is 6.61 Å². The highest BCUT2D eigenvalue weighted by Crippen LogP contribution is 2.39. The highest BCUT2D eigenvalue weighted by atomic mass is 16.5. The molecule has 0 aliphatic carbocycles. The van der Waals surface area contributed by atoms with E-state index in [1.807, 2.05) is 66.7 Å². The van der Waals surface area contributed by atoms with Gasteiger partial charge in [0.25, 0.3) is 0 Å². The number of amides is 1. The van der Waals surface area contributed by atoms with Gasteiger partial charge in [-0.2, -0.15) is 0 Å². The molecule has 3 aromatic rings. The summed E-state index contributed by atoms with van der Waals surface area (Å²) in [6.07, 6.45) is -1.19. The molecular weight excluding hydrogens is 454 g/mol. The Bertz CT molecular complexity index is 1170. The molecular formula is C30H31NO5. The van der Waals surface area contributed by atoms with Crippen LogP contribution in [-0.4, -0.2) is 46.4 Å². The zero-order chi connectivity index (χ0) is 25.5. The molecule has 186 valence electrons. The molecule has 36 heavy (non-hydrogen) atoms. The van der Waals surface area contributed by atoms with Gasteiger partial charge in [0.2, 0.25) is 5.91 Å². The van der Waals surface area contributed by atoms with Crippen LogP contribution in [-0.2, 0) is 27.3 Å². The molecule has 6 nitrogen and oxygen atoms in total. The number of ketones is 1. The largest absolute Gasteiger partial charge is 0.464 e. The number of rotatable bonds is 10. The average Bonchev–Trinajstić information content (AvgIpc) is 3.15. The third-order valence-corrected chi connectivity index (χ3v) is 6.79. The van der Waals surface area contributed by atoms with Gasteiger partial charge in [0, 0.05) is 30.5 Å². The number of carbonyl (C=O) groups excluding carboxylic acids is 3. The first-order valence-corrected chi connectivity index (χ1v) is 12.3. The Morgan fingerprint density at radius 2 is 1.44 bits per heavy atom. The first kappa shape index (κ1) is 25.3. The minimum absolute atomic E-state index is 0.0967. The Morgan fingerprint density at radius 3 is 2.03 bits per heavy atom. The quantitative estimate of drug-likeness (QED) is 0.346. The van der Waals surface area contributed by atoms with Crippen molar-refractivity contribution in [2.24, 2.45) is 11.8 Å². The van der Waals surface area contributed by atoms with Crippen molar-refractivity contribution in [3.8, 4) is 0 Å². The molecule has 0 saturated carbocycles. The lowest BCUT2D eigenvalue weighted by Gasteiger charge is -2.30. The van der Waals surface area contributed by atoms with Crippen LogP contribution in [0.2, 0.25) is 0 Å². The van der Waals surface area contributed by atoms with Crippen LogP contribution >= 0.6 is 0 Å². The zero-order valence-electron chi connectivity index (χ0n) is 20.3. The monoisotopic (exact) mass is 485 g/mol. The molecule has 1 heterocycles. The first-order chi connectivity index (χ1) is 17.5. The van der Waals surface area contributed by atoms with Gasteiger partial charge in [-0.05, 0) is 24.5 Å². The normalized spacial score (nSPS) is 20.2. The number of ether oxygens (including phenoxy) is 1. The highest BCUT2D eigenvalue weighted by molar-refractivity contribution is 5.99. The van der Waals surface area contributed by atoms with Gasteiger partial charge in [-0.1, -0.05) is 91.0 Å². The van der Waals surface area contributed by atoms with Crippen molar-refractivity contribution in [1.82, 2.24) is 4.90 Å². The summed E-state index contributed by atoms with van der Waals surface area (Å²) in [6.45, 7) is 2.10. The Labute approximate surface area is 211 Å². The number of aliphatic hydroxyl groups excluding tert-OH is 1. The molecule has 0 spiro atoms. The Balaban J connectivity index is 1.73. The number of esters is 1. The zero-order valence-corrected chi connectivity index (χ0v) is 20.3. The Morgan fingerprint density at radius 1 is 0.889 bits per heavy atom. The second-order valence-corrected chi connectivity index (χ2v) is 9.08. The van der Waals surface area contributed by atoms with E-state index >= 15 is 0 Å². The highest BCUT2D eigenvalue weighted by Gasteiger charge is 2.53. The van der Waals surface area contributed by atoms with Crippen molar-refractivity contribution in [3.05, 3.63) is 108 Å². The maximum Gasteiger partial charge on any atom is 0.335 e. The predicted molar refractivity (Wildman–Crippen MR) is 136 cm³/mol. The van der Waals surface area contributed by atoms with E-state index < -0.39 is 30.0 Å². The van der Waals surface area contributed by atoms with Gasteiger partial charge in [0.15, 0.2) is 11.9 Å². The molecule has 6 heteroatoms. The summed E-state index contributed by atoms with van der Waals surface area (Å²) in [5, 5.41) is 11.2. The van der Waals surface area contributed by atoms with Crippen molar-refractivity contribution in [3.63, 3.8) is 0 Å². The summed E-state index contributed by atoms with van der Waals surface area (Å²) in [6, 6.07) is 27.6. The minimum Gasteiger partial charge on any atom is -0.464 e. The third-order valence-electron chi connectivity index (χ3n) is 6.79. The fourth-order valence-corrected chi connectivity index (χ4v) is 5.07. The summed E-state index contributed by atoms with van der Waals surface area (Å²) in [5.74, 6) is -2.86. The minimum atomic E-state index is -1.53. The van der Waals surface area contributed by atoms with E-state index in [4.69, 9.17) is 4.74 Å². The molecule has 4 rings (SSSR count). The van der Waals surface area contributed by atoms with Crippen molar-refractivity contribution < 1.29 is 24.2 Å². The van der Waals surface area contributed by atoms with Crippen LogP contribution in [0, 0.1) is 11.8 Å². The van der Waals surface area contributed by atoms with E-state index in [0.29, 0.717) is 18.5 Å². The van der Waals surface area contributed by atoms with Crippen LogP contribution in [0.3, 0.4) is 0 Å². The molecule has 0 bridgehead atoms. The lowest BCUT2D eigenvalue weighted by atomic mass is 9.80. The topological polar surface area (TPSA) is 83.9 Å². The molecule has 0 unspecified atom stereocenters. The average molecular weight is 486 g/mol. The van der Waals surface area contributed by atoms with Crippen molar-refractivity contribution in [2.45, 2.75) is 38.5 Å². The van der Waals surface area contributed by atoms with Crippen LogP contribution in [0.15, 0.2) is 91.0 Å².